The van der Waals surface area contributed by atoms with E-state index in [2.05, 4.69) is 87.2 Å². The van der Waals surface area contributed by atoms with Gasteiger partial charge in [-0.2, -0.15) is 0 Å². The van der Waals surface area contributed by atoms with E-state index in [0.29, 0.717) is 17.7 Å². The molecular weight excluding hydrogens is 472 g/mol. The summed E-state index contributed by atoms with van der Waals surface area (Å²) in [5.74, 6) is 0.219. The molecule has 3 rings (SSSR count). The molecule has 0 aromatic heterocycles. The van der Waals surface area contributed by atoms with E-state index in [4.69, 9.17) is 14.6 Å². The molecular formula is C34H38O4. The summed E-state index contributed by atoms with van der Waals surface area (Å²) in [6.07, 6.45) is 11.0. The van der Waals surface area contributed by atoms with Crippen molar-refractivity contribution in [2.24, 2.45) is 0 Å². The third-order valence-corrected chi connectivity index (χ3v) is 6.20. The van der Waals surface area contributed by atoms with Gasteiger partial charge in [0.25, 0.3) is 0 Å². The van der Waals surface area contributed by atoms with Crippen LogP contribution in [0.5, 0.6) is 5.75 Å². The molecule has 0 unspecified atom stereocenters. The number of hydrogen-bond donors (Lipinski definition) is 1. The summed E-state index contributed by atoms with van der Waals surface area (Å²) in [6, 6.07) is 21.6. The van der Waals surface area contributed by atoms with Crippen molar-refractivity contribution >= 4 is 5.97 Å². The number of rotatable bonds is 13. The Morgan fingerprint density at radius 3 is 2.29 bits per heavy atom. The fraction of sp³-hybridized carbons (Fsp3) is 0.265. The van der Waals surface area contributed by atoms with E-state index in [0.717, 1.165) is 36.8 Å². The summed E-state index contributed by atoms with van der Waals surface area (Å²) in [6.45, 7) is 9.63. The molecule has 0 saturated carbocycles. The molecule has 3 aromatic carbocycles. The van der Waals surface area contributed by atoms with Gasteiger partial charge in [0.15, 0.2) is 0 Å². The molecule has 0 fully saturated rings. The van der Waals surface area contributed by atoms with E-state index in [1.165, 1.54) is 40.3 Å². The zero-order chi connectivity index (χ0) is 27.3. The Morgan fingerprint density at radius 1 is 0.868 bits per heavy atom. The quantitative estimate of drug-likeness (QED) is 0.109. The van der Waals surface area contributed by atoms with E-state index in [-0.39, 0.29) is 6.61 Å². The standard InChI is InChI=1S/C34H38O4/c1-5-10-30-23-29(27-14-12-26(4)13-15-27)18-19-32(30)31-17-16-28(11-8-6-7-9-20-35)33(24-31)37-21-22-38-34(36)25(2)3/h6-7,12-19,21-24,35H,2,5,8-11,20H2,1,3-4H3/b7-6+,22-21+. The van der Waals surface area contributed by atoms with E-state index in [1.54, 1.807) is 6.92 Å². The van der Waals surface area contributed by atoms with E-state index in [9.17, 15) is 4.79 Å². The fourth-order valence-corrected chi connectivity index (χ4v) is 4.16. The number of ether oxygens (including phenoxy) is 2. The van der Waals surface area contributed by atoms with Gasteiger partial charge in [0.1, 0.15) is 18.3 Å². The van der Waals surface area contributed by atoms with Crippen LogP contribution in [0.4, 0.5) is 0 Å². The highest BCUT2D eigenvalue weighted by atomic mass is 16.5. The van der Waals surface area contributed by atoms with Crippen molar-refractivity contribution in [1.29, 1.82) is 0 Å². The number of aliphatic hydroxyl groups excluding tert-OH is 1. The smallest absolute Gasteiger partial charge is 0.338 e. The normalized spacial score (nSPS) is 11.3. The van der Waals surface area contributed by atoms with E-state index in [1.807, 2.05) is 6.08 Å². The summed E-state index contributed by atoms with van der Waals surface area (Å²) in [5.41, 5.74) is 8.59. The third-order valence-electron chi connectivity index (χ3n) is 6.20. The second-order valence-electron chi connectivity index (χ2n) is 9.41. The van der Waals surface area contributed by atoms with Crippen LogP contribution in [0.15, 0.2) is 97.5 Å². The monoisotopic (exact) mass is 510 g/mol. The first-order chi connectivity index (χ1) is 18.4. The van der Waals surface area contributed by atoms with Gasteiger partial charge < -0.3 is 14.6 Å². The second kappa shape index (κ2) is 14.7. The van der Waals surface area contributed by atoms with Crippen molar-refractivity contribution in [2.75, 3.05) is 6.61 Å². The molecule has 38 heavy (non-hydrogen) atoms. The van der Waals surface area contributed by atoms with Crippen LogP contribution in [-0.2, 0) is 22.4 Å². The number of aliphatic hydroxyl groups is 1. The Labute approximate surface area is 226 Å². The molecule has 0 amide bonds. The predicted molar refractivity (Wildman–Crippen MR) is 156 cm³/mol. The third kappa shape index (κ3) is 8.32. The van der Waals surface area contributed by atoms with Crippen molar-refractivity contribution in [3.63, 3.8) is 0 Å². The van der Waals surface area contributed by atoms with Gasteiger partial charge >= 0.3 is 5.97 Å². The lowest BCUT2D eigenvalue weighted by Gasteiger charge is -2.15. The Morgan fingerprint density at radius 2 is 1.58 bits per heavy atom. The van der Waals surface area contributed by atoms with Crippen molar-refractivity contribution < 1.29 is 19.4 Å². The van der Waals surface area contributed by atoms with Crippen molar-refractivity contribution in [1.82, 2.24) is 0 Å². The van der Waals surface area contributed by atoms with Crippen LogP contribution in [0.1, 0.15) is 49.8 Å². The van der Waals surface area contributed by atoms with Gasteiger partial charge in [0, 0.05) is 12.2 Å². The Balaban J connectivity index is 1.92. The average Bonchev–Trinajstić information content (AvgIpc) is 2.92. The van der Waals surface area contributed by atoms with Crippen LogP contribution in [0.25, 0.3) is 22.3 Å². The van der Waals surface area contributed by atoms with Gasteiger partial charge in [-0.25, -0.2) is 4.79 Å². The summed E-state index contributed by atoms with van der Waals surface area (Å²) in [4.78, 5) is 11.7. The lowest BCUT2D eigenvalue weighted by Crippen LogP contribution is -2.00. The Hall–Kier alpha value is -3.89. The maximum absolute atomic E-state index is 11.7. The van der Waals surface area contributed by atoms with Crippen LogP contribution in [-0.4, -0.2) is 17.7 Å². The number of benzene rings is 3. The Kier molecular flexibility index (Phi) is 11.1. The van der Waals surface area contributed by atoms with Crippen molar-refractivity contribution in [3.05, 3.63) is 114 Å². The molecule has 1 N–H and O–H groups in total. The van der Waals surface area contributed by atoms with Crippen LogP contribution in [0, 0.1) is 6.92 Å². The first kappa shape index (κ1) is 28.7. The highest BCUT2D eigenvalue weighted by Crippen LogP contribution is 2.34. The molecule has 0 radical (unpaired) electrons. The molecule has 4 nitrogen and oxygen atoms in total. The molecule has 4 heteroatoms. The zero-order valence-corrected chi connectivity index (χ0v) is 22.7. The first-order valence-electron chi connectivity index (χ1n) is 13.2. The van der Waals surface area contributed by atoms with Gasteiger partial charge in [0.2, 0.25) is 0 Å². The molecule has 0 aliphatic carbocycles. The highest BCUT2D eigenvalue weighted by Gasteiger charge is 2.11. The lowest BCUT2D eigenvalue weighted by atomic mass is 9.91. The molecule has 0 atom stereocenters. The summed E-state index contributed by atoms with van der Waals surface area (Å²) in [5, 5.41) is 8.99. The molecule has 0 heterocycles. The maximum atomic E-state index is 11.7. The van der Waals surface area contributed by atoms with Gasteiger partial charge in [-0.15, -0.1) is 0 Å². The molecule has 0 aliphatic heterocycles. The molecule has 198 valence electrons. The molecule has 0 spiro atoms. The molecule has 0 saturated heterocycles. The number of allylic oxidation sites excluding steroid dienone is 1. The zero-order valence-electron chi connectivity index (χ0n) is 22.7. The van der Waals surface area contributed by atoms with Crippen LogP contribution >= 0.6 is 0 Å². The molecule has 0 aliphatic rings. The van der Waals surface area contributed by atoms with E-state index < -0.39 is 5.97 Å². The van der Waals surface area contributed by atoms with Crippen LogP contribution < -0.4 is 4.74 Å². The first-order valence-corrected chi connectivity index (χ1v) is 13.2. The van der Waals surface area contributed by atoms with Crippen LogP contribution in [0.3, 0.4) is 0 Å². The second-order valence-corrected chi connectivity index (χ2v) is 9.41. The summed E-state index contributed by atoms with van der Waals surface area (Å²) in [7, 11) is 0. The van der Waals surface area contributed by atoms with E-state index >= 15 is 0 Å². The maximum Gasteiger partial charge on any atom is 0.338 e. The highest BCUT2D eigenvalue weighted by molar-refractivity contribution is 5.87. The molecule has 3 aromatic rings. The predicted octanol–water partition coefficient (Wildman–Crippen LogP) is 8.12. The number of carbonyl (C=O) groups is 1. The largest absolute Gasteiger partial charge is 0.461 e. The molecule has 0 bridgehead atoms. The van der Waals surface area contributed by atoms with Gasteiger partial charge in [-0.1, -0.05) is 92.2 Å². The number of hydrogen-bond acceptors (Lipinski definition) is 4. The number of esters is 1. The van der Waals surface area contributed by atoms with Gasteiger partial charge in [0.05, 0.1) is 0 Å². The van der Waals surface area contributed by atoms with Crippen LogP contribution in [0.2, 0.25) is 0 Å². The van der Waals surface area contributed by atoms with Crippen molar-refractivity contribution in [3.8, 4) is 28.0 Å². The summed E-state index contributed by atoms with van der Waals surface area (Å²) >= 11 is 0. The minimum Gasteiger partial charge on any atom is -0.461 e. The minimum atomic E-state index is -0.495. The Bertz CT molecular complexity index is 1280. The lowest BCUT2D eigenvalue weighted by molar-refractivity contribution is -0.133. The SMILES string of the molecule is C=C(C)C(=O)O/C=C/Oc1cc(-c2ccc(-c3ccc(C)cc3)cc2CCC)ccc1CC/C=C/CCO. The number of carbonyl (C=O) groups excluding carboxylic acids is 1. The number of aryl methyl sites for hydroxylation is 3. The average molecular weight is 511 g/mol. The minimum absolute atomic E-state index is 0.149. The topological polar surface area (TPSA) is 55.8 Å². The summed E-state index contributed by atoms with van der Waals surface area (Å²) < 4.78 is 11.0. The van der Waals surface area contributed by atoms with Gasteiger partial charge in [-0.3, -0.25) is 0 Å². The fourth-order valence-electron chi connectivity index (χ4n) is 4.16. The van der Waals surface area contributed by atoms with Gasteiger partial charge in [-0.05, 0) is 79.0 Å². The van der Waals surface area contributed by atoms with Crippen molar-refractivity contribution in [2.45, 2.75) is 52.9 Å².